The fraction of sp³-hybridized carbons (Fsp3) is 0.133. The van der Waals surface area contributed by atoms with Gasteiger partial charge < -0.3 is 15.8 Å². The zero-order valence-electron chi connectivity index (χ0n) is 11.3. The number of thiocarbonyl (C=S) groups is 1. The Kier molecular flexibility index (Phi) is 5.14. The highest BCUT2D eigenvalue weighted by Gasteiger charge is 2.13. The summed E-state index contributed by atoms with van der Waals surface area (Å²) in [5, 5.41) is 3.00. The largest absolute Gasteiger partial charge is 0.494 e. The smallest absolute Gasteiger partial charge is 0.161 e. The number of hydrogen-bond donors (Lipinski definition) is 2. The Labute approximate surface area is 136 Å². The van der Waals surface area contributed by atoms with Crippen molar-refractivity contribution >= 4 is 44.5 Å². The summed E-state index contributed by atoms with van der Waals surface area (Å²) in [6.45, 7) is 2.53. The minimum Gasteiger partial charge on any atom is -0.494 e. The van der Waals surface area contributed by atoms with Gasteiger partial charge >= 0.3 is 0 Å². The van der Waals surface area contributed by atoms with E-state index in [1.54, 1.807) is 12.1 Å². The van der Waals surface area contributed by atoms with Crippen LogP contribution in [0.25, 0.3) is 0 Å². The third kappa shape index (κ3) is 3.71. The molecule has 0 atom stereocenters. The first-order valence-corrected chi connectivity index (χ1v) is 7.50. The third-order valence-electron chi connectivity index (χ3n) is 2.79. The van der Waals surface area contributed by atoms with Gasteiger partial charge in [-0.3, -0.25) is 0 Å². The lowest BCUT2D eigenvalue weighted by atomic mass is 10.2. The molecule has 3 N–H and O–H groups in total. The topological polar surface area (TPSA) is 47.3 Å². The van der Waals surface area contributed by atoms with Crippen molar-refractivity contribution in [2.75, 3.05) is 11.9 Å². The van der Waals surface area contributed by atoms with E-state index in [0.717, 1.165) is 11.4 Å². The second kappa shape index (κ2) is 6.87. The van der Waals surface area contributed by atoms with Gasteiger partial charge in [0.05, 0.1) is 16.8 Å². The molecule has 110 valence electrons. The van der Waals surface area contributed by atoms with E-state index >= 15 is 0 Å². The quantitative estimate of drug-likeness (QED) is 0.769. The van der Waals surface area contributed by atoms with Gasteiger partial charge in [-0.25, -0.2) is 4.39 Å². The summed E-state index contributed by atoms with van der Waals surface area (Å²) >= 11 is 8.04. The summed E-state index contributed by atoms with van der Waals surface area (Å²) in [5.74, 6) is 0.336. The van der Waals surface area contributed by atoms with E-state index in [4.69, 9.17) is 22.7 Å². The third-order valence-corrected chi connectivity index (χ3v) is 3.79. The van der Waals surface area contributed by atoms with Crippen molar-refractivity contribution in [3.63, 3.8) is 0 Å². The SMILES string of the molecule is CCOc1ccc(Nc2ccc(C(N)=S)c(Br)c2F)cc1. The van der Waals surface area contributed by atoms with Gasteiger partial charge in [0.1, 0.15) is 10.7 Å². The standard InChI is InChI=1S/C15H14BrFN2OS/c1-2-20-10-5-3-9(4-6-10)19-12-8-7-11(15(18)21)13(16)14(12)17/h3-8,19H,2H2,1H3,(H2,18,21). The molecule has 0 spiro atoms. The predicted octanol–water partition coefficient (Wildman–Crippen LogP) is 4.36. The van der Waals surface area contributed by atoms with Crippen LogP contribution in [0.5, 0.6) is 5.75 Å². The lowest BCUT2D eigenvalue weighted by Crippen LogP contribution is -2.11. The summed E-state index contributed by atoms with van der Waals surface area (Å²) in [6.07, 6.45) is 0. The number of anilines is 2. The number of halogens is 2. The molecule has 0 fully saturated rings. The molecule has 0 saturated carbocycles. The summed E-state index contributed by atoms with van der Waals surface area (Å²) in [5.41, 5.74) is 7.10. The van der Waals surface area contributed by atoms with Crippen LogP contribution < -0.4 is 15.8 Å². The minimum absolute atomic E-state index is 0.147. The van der Waals surface area contributed by atoms with Gasteiger partial charge in [0.25, 0.3) is 0 Å². The Morgan fingerprint density at radius 2 is 1.95 bits per heavy atom. The van der Waals surface area contributed by atoms with Gasteiger partial charge in [-0.15, -0.1) is 0 Å². The molecule has 6 heteroatoms. The van der Waals surface area contributed by atoms with E-state index in [0.29, 0.717) is 17.9 Å². The van der Waals surface area contributed by atoms with Crippen molar-refractivity contribution in [1.29, 1.82) is 0 Å². The van der Waals surface area contributed by atoms with Gasteiger partial charge in [0.2, 0.25) is 0 Å². The van der Waals surface area contributed by atoms with Crippen molar-refractivity contribution in [3.8, 4) is 5.75 Å². The zero-order valence-corrected chi connectivity index (χ0v) is 13.7. The lowest BCUT2D eigenvalue weighted by molar-refractivity contribution is 0.340. The van der Waals surface area contributed by atoms with Crippen LogP contribution in [0.4, 0.5) is 15.8 Å². The molecule has 0 aliphatic heterocycles. The van der Waals surface area contributed by atoms with Crippen molar-refractivity contribution < 1.29 is 9.13 Å². The summed E-state index contributed by atoms with van der Waals surface area (Å²) in [4.78, 5) is 0.147. The fourth-order valence-corrected chi connectivity index (χ4v) is 2.65. The first-order valence-electron chi connectivity index (χ1n) is 6.30. The van der Waals surface area contributed by atoms with E-state index in [1.165, 1.54) is 0 Å². The van der Waals surface area contributed by atoms with E-state index in [2.05, 4.69) is 21.2 Å². The molecule has 0 aliphatic carbocycles. The van der Waals surface area contributed by atoms with E-state index in [9.17, 15) is 4.39 Å². The highest BCUT2D eigenvalue weighted by atomic mass is 79.9. The van der Waals surface area contributed by atoms with Crippen LogP contribution in [-0.4, -0.2) is 11.6 Å². The number of hydrogen-bond acceptors (Lipinski definition) is 3. The Balaban J connectivity index is 2.23. The Morgan fingerprint density at radius 1 is 1.29 bits per heavy atom. The molecule has 0 amide bonds. The van der Waals surface area contributed by atoms with Crippen molar-refractivity contribution in [2.45, 2.75) is 6.92 Å². The van der Waals surface area contributed by atoms with E-state index < -0.39 is 5.82 Å². The first-order chi connectivity index (χ1) is 10.0. The molecular weight excluding hydrogens is 355 g/mol. The lowest BCUT2D eigenvalue weighted by Gasteiger charge is -2.11. The number of nitrogens with two attached hydrogens (primary N) is 1. The molecule has 0 aliphatic rings. The zero-order chi connectivity index (χ0) is 15.4. The van der Waals surface area contributed by atoms with Crippen LogP contribution in [0.2, 0.25) is 0 Å². The van der Waals surface area contributed by atoms with Crippen LogP contribution in [-0.2, 0) is 0 Å². The Morgan fingerprint density at radius 3 is 2.52 bits per heavy atom. The number of nitrogens with one attached hydrogen (secondary N) is 1. The van der Waals surface area contributed by atoms with Gasteiger partial charge in [0, 0.05) is 11.3 Å². The van der Waals surface area contributed by atoms with E-state index in [1.807, 2.05) is 31.2 Å². The van der Waals surface area contributed by atoms with Crippen LogP contribution in [0.3, 0.4) is 0 Å². The van der Waals surface area contributed by atoms with Crippen LogP contribution in [0.15, 0.2) is 40.9 Å². The van der Waals surface area contributed by atoms with Crippen LogP contribution >= 0.6 is 28.1 Å². The van der Waals surface area contributed by atoms with Crippen LogP contribution in [0.1, 0.15) is 12.5 Å². The predicted molar refractivity (Wildman–Crippen MR) is 90.9 cm³/mol. The number of ether oxygens (including phenoxy) is 1. The number of benzene rings is 2. The maximum Gasteiger partial charge on any atom is 0.161 e. The van der Waals surface area contributed by atoms with Crippen molar-refractivity contribution in [3.05, 3.63) is 52.3 Å². The highest BCUT2D eigenvalue weighted by molar-refractivity contribution is 9.10. The normalized spacial score (nSPS) is 10.2. The second-order valence-corrected chi connectivity index (χ2v) is 5.47. The summed E-state index contributed by atoms with van der Waals surface area (Å²) in [6, 6.07) is 10.6. The van der Waals surface area contributed by atoms with E-state index in [-0.39, 0.29) is 9.46 Å². The summed E-state index contributed by atoms with van der Waals surface area (Å²) < 4.78 is 19.9. The highest BCUT2D eigenvalue weighted by Crippen LogP contribution is 2.29. The average Bonchev–Trinajstić information content (AvgIpc) is 2.46. The first kappa shape index (κ1) is 15.7. The van der Waals surface area contributed by atoms with Crippen molar-refractivity contribution in [1.82, 2.24) is 0 Å². The number of rotatable bonds is 5. The molecule has 2 aromatic rings. The molecular formula is C15H14BrFN2OS. The molecule has 2 rings (SSSR count). The molecule has 0 bridgehead atoms. The molecule has 0 aromatic heterocycles. The second-order valence-electron chi connectivity index (χ2n) is 4.24. The average molecular weight is 369 g/mol. The fourth-order valence-electron chi connectivity index (χ4n) is 1.79. The molecule has 21 heavy (non-hydrogen) atoms. The van der Waals surface area contributed by atoms with Gasteiger partial charge in [-0.1, -0.05) is 12.2 Å². The minimum atomic E-state index is -0.436. The Hall–Kier alpha value is -1.66. The van der Waals surface area contributed by atoms with Gasteiger partial charge in [-0.2, -0.15) is 0 Å². The van der Waals surface area contributed by atoms with Gasteiger partial charge in [-0.05, 0) is 59.3 Å². The molecule has 0 saturated heterocycles. The maximum atomic E-state index is 14.3. The van der Waals surface area contributed by atoms with Crippen LogP contribution in [0, 0.1) is 5.82 Å². The maximum absolute atomic E-state index is 14.3. The molecule has 0 radical (unpaired) electrons. The molecule has 0 heterocycles. The monoisotopic (exact) mass is 368 g/mol. The molecule has 3 nitrogen and oxygen atoms in total. The molecule has 2 aromatic carbocycles. The Bertz CT molecular complexity index is 661. The molecule has 0 unspecified atom stereocenters. The van der Waals surface area contributed by atoms with Gasteiger partial charge in [0.15, 0.2) is 5.82 Å². The summed E-state index contributed by atoms with van der Waals surface area (Å²) in [7, 11) is 0. The van der Waals surface area contributed by atoms with Crippen molar-refractivity contribution in [2.24, 2.45) is 5.73 Å².